The van der Waals surface area contributed by atoms with Crippen molar-refractivity contribution < 1.29 is 0 Å². The number of aromatic nitrogens is 1. The zero-order chi connectivity index (χ0) is 12.8. The molecule has 1 atom stereocenters. The van der Waals surface area contributed by atoms with Gasteiger partial charge < -0.3 is 5.32 Å². The average molecular weight is 260 g/mol. The molecule has 0 aliphatic carbocycles. The van der Waals surface area contributed by atoms with Crippen LogP contribution in [0.2, 0.25) is 0 Å². The van der Waals surface area contributed by atoms with Crippen LogP contribution in [-0.2, 0) is 6.42 Å². The highest BCUT2D eigenvalue weighted by Gasteiger charge is 2.10. The fourth-order valence-electron chi connectivity index (χ4n) is 2.09. The SMILES string of the molecule is CCCNC(C)c1ccccc1Cc1nccs1. The molecule has 1 N–H and O–H groups in total. The molecule has 0 amide bonds. The normalized spacial score (nSPS) is 12.6. The van der Waals surface area contributed by atoms with Crippen molar-refractivity contribution in [2.24, 2.45) is 0 Å². The minimum atomic E-state index is 0.404. The summed E-state index contributed by atoms with van der Waals surface area (Å²) in [7, 11) is 0. The van der Waals surface area contributed by atoms with E-state index in [2.05, 4.69) is 48.4 Å². The molecule has 1 heterocycles. The van der Waals surface area contributed by atoms with Gasteiger partial charge in [0.15, 0.2) is 0 Å². The van der Waals surface area contributed by atoms with Crippen LogP contribution in [0.15, 0.2) is 35.8 Å². The third kappa shape index (κ3) is 3.40. The molecule has 0 aliphatic heterocycles. The first kappa shape index (κ1) is 13.2. The lowest BCUT2D eigenvalue weighted by Crippen LogP contribution is -2.20. The van der Waals surface area contributed by atoms with Crippen molar-refractivity contribution in [1.29, 1.82) is 0 Å². The molecular weight excluding hydrogens is 240 g/mol. The summed E-state index contributed by atoms with van der Waals surface area (Å²) in [6.45, 7) is 5.49. The number of nitrogens with zero attached hydrogens (tertiary/aromatic N) is 1. The van der Waals surface area contributed by atoms with Crippen molar-refractivity contribution in [3.05, 3.63) is 52.0 Å². The molecular formula is C15H20N2S. The van der Waals surface area contributed by atoms with Gasteiger partial charge in [-0.3, -0.25) is 0 Å². The zero-order valence-electron chi connectivity index (χ0n) is 11.0. The van der Waals surface area contributed by atoms with Crippen LogP contribution in [0, 0.1) is 0 Å². The molecule has 0 bridgehead atoms. The predicted molar refractivity (Wildman–Crippen MR) is 78.1 cm³/mol. The topological polar surface area (TPSA) is 24.9 Å². The van der Waals surface area contributed by atoms with Crippen molar-refractivity contribution in [1.82, 2.24) is 10.3 Å². The maximum absolute atomic E-state index is 4.37. The van der Waals surface area contributed by atoms with Crippen LogP contribution in [-0.4, -0.2) is 11.5 Å². The Morgan fingerprint density at radius 3 is 2.89 bits per heavy atom. The number of rotatable bonds is 6. The van der Waals surface area contributed by atoms with Crippen LogP contribution in [0.4, 0.5) is 0 Å². The molecule has 2 rings (SSSR count). The number of nitrogens with one attached hydrogen (secondary N) is 1. The van der Waals surface area contributed by atoms with Crippen LogP contribution >= 0.6 is 11.3 Å². The fraction of sp³-hybridized carbons (Fsp3) is 0.400. The van der Waals surface area contributed by atoms with Crippen LogP contribution in [0.5, 0.6) is 0 Å². The Morgan fingerprint density at radius 1 is 1.33 bits per heavy atom. The van der Waals surface area contributed by atoms with Crippen LogP contribution in [0.1, 0.15) is 42.4 Å². The summed E-state index contributed by atoms with van der Waals surface area (Å²) in [5, 5.41) is 6.78. The monoisotopic (exact) mass is 260 g/mol. The first-order chi connectivity index (χ1) is 8.81. The Bertz CT molecular complexity index is 465. The highest BCUT2D eigenvalue weighted by Crippen LogP contribution is 2.21. The Hall–Kier alpha value is -1.19. The van der Waals surface area contributed by atoms with Gasteiger partial charge in [-0.05, 0) is 31.0 Å². The molecule has 3 heteroatoms. The van der Waals surface area contributed by atoms with Crippen molar-refractivity contribution in [3.63, 3.8) is 0 Å². The molecule has 0 aliphatic rings. The van der Waals surface area contributed by atoms with Gasteiger partial charge in [-0.1, -0.05) is 31.2 Å². The molecule has 0 fully saturated rings. The first-order valence-corrected chi connectivity index (χ1v) is 7.38. The lowest BCUT2D eigenvalue weighted by atomic mass is 9.99. The average Bonchev–Trinajstić information content (AvgIpc) is 2.89. The molecule has 0 radical (unpaired) electrons. The summed E-state index contributed by atoms with van der Waals surface area (Å²) in [6.07, 6.45) is 3.98. The highest BCUT2D eigenvalue weighted by molar-refractivity contribution is 7.09. The quantitative estimate of drug-likeness (QED) is 0.854. The fourth-order valence-corrected chi connectivity index (χ4v) is 2.73. The Labute approximate surface area is 113 Å². The molecule has 2 aromatic rings. The van der Waals surface area contributed by atoms with E-state index in [-0.39, 0.29) is 0 Å². The van der Waals surface area contributed by atoms with E-state index in [1.165, 1.54) is 22.6 Å². The second-order valence-electron chi connectivity index (χ2n) is 4.48. The second kappa shape index (κ2) is 6.66. The minimum absolute atomic E-state index is 0.404. The van der Waals surface area contributed by atoms with Gasteiger partial charge >= 0.3 is 0 Å². The third-order valence-corrected chi connectivity index (χ3v) is 3.83. The minimum Gasteiger partial charge on any atom is -0.310 e. The molecule has 2 nitrogen and oxygen atoms in total. The highest BCUT2D eigenvalue weighted by atomic mass is 32.1. The molecule has 1 unspecified atom stereocenters. The first-order valence-electron chi connectivity index (χ1n) is 6.50. The standard InChI is InChI=1S/C15H20N2S/c1-3-8-16-12(2)14-7-5-4-6-13(14)11-15-17-9-10-18-15/h4-7,9-10,12,16H,3,8,11H2,1-2H3. The predicted octanol–water partition coefficient (Wildman–Crippen LogP) is 3.79. The van der Waals surface area contributed by atoms with Gasteiger partial charge in [0.1, 0.15) is 0 Å². The van der Waals surface area contributed by atoms with Crippen molar-refractivity contribution in [2.75, 3.05) is 6.54 Å². The van der Waals surface area contributed by atoms with Gasteiger partial charge in [0.05, 0.1) is 5.01 Å². The summed E-state index contributed by atoms with van der Waals surface area (Å²) in [5.74, 6) is 0. The van der Waals surface area contributed by atoms with Crippen molar-refractivity contribution in [3.8, 4) is 0 Å². The molecule has 0 spiro atoms. The lowest BCUT2D eigenvalue weighted by molar-refractivity contribution is 0.567. The number of hydrogen-bond donors (Lipinski definition) is 1. The Balaban J connectivity index is 2.14. The van der Waals surface area contributed by atoms with Gasteiger partial charge in [-0.25, -0.2) is 4.98 Å². The van der Waals surface area contributed by atoms with E-state index in [4.69, 9.17) is 0 Å². The number of thiazole rings is 1. The zero-order valence-corrected chi connectivity index (χ0v) is 11.8. The van der Waals surface area contributed by atoms with E-state index in [0.717, 1.165) is 13.0 Å². The summed E-state index contributed by atoms with van der Waals surface area (Å²) >= 11 is 1.72. The van der Waals surface area contributed by atoms with Gasteiger partial charge in [0.25, 0.3) is 0 Å². The van der Waals surface area contributed by atoms with E-state index in [0.29, 0.717) is 6.04 Å². The molecule has 0 saturated heterocycles. The van der Waals surface area contributed by atoms with E-state index in [9.17, 15) is 0 Å². The molecule has 1 aromatic carbocycles. The van der Waals surface area contributed by atoms with Crippen LogP contribution < -0.4 is 5.32 Å². The Kier molecular flexibility index (Phi) is 4.90. The van der Waals surface area contributed by atoms with Crippen LogP contribution in [0.3, 0.4) is 0 Å². The smallest absolute Gasteiger partial charge is 0.0968 e. The largest absolute Gasteiger partial charge is 0.310 e. The molecule has 0 saturated carbocycles. The van der Waals surface area contributed by atoms with Gasteiger partial charge in [-0.2, -0.15) is 0 Å². The molecule has 1 aromatic heterocycles. The van der Waals surface area contributed by atoms with Crippen molar-refractivity contribution >= 4 is 11.3 Å². The third-order valence-electron chi connectivity index (χ3n) is 3.05. The van der Waals surface area contributed by atoms with Gasteiger partial charge in [0.2, 0.25) is 0 Å². The summed E-state index contributed by atoms with van der Waals surface area (Å²) < 4.78 is 0. The maximum Gasteiger partial charge on any atom is 0.0968 e. The summed E-state index contributed by atoms with van der Waals surface area (Å²) in [6, 6.07) is 9.06. The number of benzene rings is 1. The molecule has 96 valence electrons. The Morgan fingerprint density at radius 2 is 2.17 bits per heavy atom. The van der Waals surface area contributed by atoms with Gasteiger partial charge in [0, 0.05) is 24.0 Å². The summed E-state index contributed by atoms with van der Waals surface area (Å²) in [5.41, 5.74) is 2.77. The van der Waals surface area contributed by atoms with E-state index in [1.54, 1.807) is 11.3 Å². The van der Waals surface area contributed by atoms with E-state index >= 15 is 0 Å². The lowest BCUT2D eigenvalue weighted by Gasteiger charge is -2.17. The second-order valence-corrected chi connectivity index (χ2v) is 5.46. The van der Waals surface area contributed by atoms with E-state index < -0.39 is 0 Å². The number of hydrogen-bond acceptors (Lipinski definition) is 3. The maximum atomic E-state index is 4.37. The van der Waals surface area contributed by atoms with Crippen LogP contribution in [0.25, 0.3) is 0 Å². The molecule has 18 heavy (non-hydrogen) atoms. The van der Waals surface area contributed by atoms with Crippen molar-refractivity contribution in [2.45, 2.75) is 32.7 Å². The summed E-state index contributed by atoms with van der Waals surface area (Å²) in [4.78, 5) is 4.37. The van der Waals surface area contributed by atoms with Gasteiger partial charge in [-0.15, -0.1) is 11.3 Å². The van der Waals surface area contributed by atoms with E-state index in [1.807, 2.05) is 11.6 Å².